The van der Waals surface area contributed by atoms with Crippen LogP contribution in [-0.2, 0) is 4.74 Å². The molecule has 0 bridgehead atoms. The first-order valence-electron chi connectivity index (χ1n) is 7.13. The second-order valence-electron chi connectivity index (χ2n) is 4.77. The minimum Gasteiger partial charge on any atom is -0.486 e. The Morgan fingerprint density at radius 2 is 2.10 bits per heavy atom. The summed E-state index contributed by atoms with van der Waals surface area (Å²) in [5.41, 5.74) is 1.19. The predicted molar refractivity (Wildman–Crippen MR) is 79.5 cm³/mol. The van der Waals surface area contributed by atoms with Gasteiger partial charge in [-0.1, -0.05) is 12.1 Å². The van der Waals surface area contributed by atoms with E-state index < -0.39 is 0 Å². The highest BCUT2D eigenvalue weighted by molar-refractivity contribution is 5.44. The summed E-state index contributed by atoms with van der Waals surface area (Å²) in [5.74, 6) is 1.67. The number of benzene rings is 1. The van der Waals surface area contributed by atoms with Crippen molar-refractivity contribution in [3.8, 4) is 11.5 Å². The average molecular weight is 277 g/mol. The van der Waals surface area contributed by atoms with Crippen LogP contribution in [-0.4, -0.2) is 33.0 Å². The van der Waals surface area contributed by atoms with Gasteiger partial charge in [0.2, 0.25) is 0 Å². The molecule has 1 N–H and O–H groups in total. The first-order chi connectivity index (χ1) is 9.81. The van der Waals surface area contributed by atoms with E-state index in [4.69, 9.17) is 14.2 Å². The van der Waals surface area contributed by atoms with Gasteiger partial charge >= 0.3 is 0 Å². The zero-order chi connectivity index (χ0) is 14.2. The van der Waals surface area contributed by atoms with E-state index in [2.05, 4.69) is 24.9 Å². The van der Waals surface area contributed by atoms with E-state index in [1.54, 1.807) is 0 Å². The lowest BCUT2D eigenvalue weighted by Gasteiger charge is -2.21. The Hall–Kier alpha value is -1.52. The topological polar surface area (TPSA) is 39.7 Å². The molecule has 20 heavy (non-hydrogen) atoms. The number of hydrogen-bond donors (Lipinski definition) is 1. The summed E-state index contributed by atoms with van der Waals surface area (Å²) in [5, 5.41) is 3.44. The summed E-state index contributed by atoms with van der Waals surface area (Å²) >= 11 is 0. The van der Waals surface area contributed by atoms with Gasteiger partial charge < -0.3 is 19.5 Å². The number of fused-ring (bicyclic) bond motifs is 1. The van der Waals surface area contributed by atoms with Crippen LogP contribution in [0.3, 0.4) is 0 Å². The van der Waals surface area contributed by atoms with Crippen molar-refractivity contribution in [2.24, 2.45) is 0 Å². The summed E-state index contributed by atoms with van der Waals surface area (Å²) in [6.07, 6.45) is 2.77. The predicted octanol–water partition coefficient (Wildman–Crippen LogP) is 2.70. The maximum Gasteiger partial charge on any atom is 0.161 e. The molecular weight excluding hydrogens is 254 g/mol. The molecule has 0 fully saturated rings. The Balaban J connectivity index is 1.77. The van der Waals surface area contributed by atoms with Crippen LogP contribution in [0.4, 0.5) is 0 Å². The zero-order valence-corrected chi connectivity index (χ0v) is 12.1. The second-order valence-corrected chi connectivity index (χ2v) is 4.77. The van der Waals surface area contributed by atoms with E-state index in [0.29, 0.717) is 19.8 Å². The highest BCUT2D eigenvalue weighted by Gasteiger charge is 2.13. The van der Waals surface area contributed by atoms with Gasteiger partial charge in [-0.2, -0.15) is 0 Å². The average Bonchev–Trinajstić information content (AvgIpc) is 2.50. The molecule has 110 valence electrons. The number of ether oxygens (including phenoxy) is 3. The maximum atomic E-state index is 5.60. The summed E-state index contributed by atoms with van der Waals surface area (Å²) in [4.78, 5) is 0. The van der Waals surface area contributed by atoms with Crippen molar-refractivity contribution >= 4 is 0 Å². The van der Waals surface area contributed by atoms with Crippen molar-refractivity contribution in [2.45, 2.75) is 19.4 Å². The Morgan fingerprint density at radius 3 is 2.90 bits per heavy atom. The van der Waals surface area contributed by atoms with Crippen molar-refractivity contribution in [3.05, 3.63) is 36.4 Å². The third kappa shape index (κ3) is 4.25. The van der Waals surface area contributed by atoms with Gasteiger partial charge in [0.15, 0.2) is 11.5 Å². The van der Waals surface area contributed by atoms with Gasteiger partial charge in [0.25, 0.3) is 0 Å². The lowest BCUT2D eigenvalue weighted by molar-refractivity contribution is 0.138. The molecular formula is C16H23NO3. The Morgan fingerprint density at radius 1 is 1.30 bits per heavy atom. The van der Waals surface area contributed by atoms with Gasteiger partial charge in [-0.15, -0.1) is 6.58 Å². The Kier molecular flexibility index (Phi) is 5.89. The molecule has 0 aromatic heterocycles. The first kappa shape index (κ1) is 14.9. The monoisotopic (exact) mass is 277 g/mol. The highest BCUT2D eigenvalue weighted by Crippen LogP contribution is 2.32. The fourth-order valence-electron chi connectivity index (χ4n) is 2.06. The van der Waals surface area contributed by atoms with Gasteiger partial charge in [-0.05, 0) is 31.0 Å². The van der Waals surface area contributed by atoms with Crippen LogP contribution in [0.2, 0.25) is 0 Å². The van der Waals surface area contributed by atoms with Crippen LogP contribution >= 0.6 is 0 Å². The molecule has 0 amide bonds. The van der Waals surface area contributed by atoms with E-state index in [9.17, 15) is 0 Å². The molecule has 4 heteroatoms. The van der Waals surface area contributed by atoms with Gasteiger partial charge in [-0.3, -0.25) is 0 Å². The van der Waals surface area contributed by atoms with Crippen LogP contribution in [0.25, 0.3) is 0 Å². The molecule has 0 saturated heterocycles. The molecule has 2 rings (SSSR count). The van der Waals surface area contributed by atoms with Crippen molar-refractivity contribution in [1.82, 2.24) is 5.32 Å². The number of rotatable bonds is 8. The fourth-order valence-corrected chi connectivity index (χ4v) is 2.06. The largest absolute Gasteiger partial charge is 0.486 e. The smallest absolute Gasteiger partial charge is 0.161 e. The molecule has 1 unspecified atom stereocenters. The maximum absolute atomic E-state index is 5.60. The van der Waals surface area contributed by atoms with Crippen LogP contribution in [0.1, 0.15) is 24.9 Å². The minimum atomic E-state index is 0.258. The molecule has 0 radical (unpaired) electrons. The highest BCUT2D eigenvalue weighted by atomic mass is 16.6. The molecule has 0 saturated carbocycles. The number of nitrogens with one attached hydrogen (secondary N) is 1. The summed E-state index contributed by atoms with van der Waals surface area (Å²) in [6.45, 7) is 9.32. The van der Waals surface area contributed by atoms with E-state index >= 15 is 0 Å². The van der Waals surface area contributed by atoms with Crippen LogP contribution in [0.5, 0.6) is 11.5 Å². The van der Waals surface area contributed by atoms with Gasteiger partial charge in [0, 0.05) is 12.6 Å². The SMILES string of the molecule is C=CCCOCCNC(C)c1ccc2c(c1)OCCO2. The van der Waals surface area contributed by atoms with Gasteiger partial charge in [-0.25, -0.2) is 0 Å². The molecule has 1 aromatic carbocycles. The third-order valence-corrected chi connectivity index (χ3v) is 3.23. The third-order valence-electron chi connectivity index (χ3n) is 3.23. The van der Waals surface area contributed by atoms with Crippen LogP contribution in [0, 0.1) is 0 Å². The summed E-state index contributed by atoms with van der Waals surface area (Å²) in [6, 6.07) is 6.35. The van der Waals surface area contributed by atoms with Crippen molar-refractivity contribution in [1.29, 1.82) is 0 Å². The zero-order valence-electron chi connectivity index (χ0n) is 12.1. The Bertz CT molecular complexity index is 434. The molecule has 1 aromatic rings. The quantitative estimate of drug-likeness (QED) is 0.586. The van der Waals surface area contributed by atoms with Crippen molar-refractivity contribution < 1.29 is 14.2 Å². The van der Waals surface area contributed by atoms with Crippen molar-refractivity contribution in [3.63, 3.8) is 0 Å². The molecule has 1 heterocycles. The van der Waals surface area contributed by atoms with Crippen LogP contribution < -0.4 is 14.8 Å². The fraction of sp³-hybridized carbons (Fsp3) is 0.500. The molecule has 0 spiro atoms. The summed E-state index contributed by atoms with van der Waals surface area (Å²) in [7, 11) is 0. The van der Waals surface area contributed by atoms with Gasteiger partial charge in [0.05, 0.1) is 13.2 Å². The normalized spacial score (nSPS) is 14.8. The van der Waals surface area contributed by atoms with E-state index in [0.717, 1.165) is 31.1 Å². The molecule has 1 aliphatic rings. The lowest BCUT2D eigenvalue weighted by atomic mass is 10.1. The molecule has 0 aliphatic carbocycles. The standard InChI is InChI=1S/C16H23NO3/c1-3-4-8-18-9-7-17-13(2)14-5-6-15-16(12-14)20-11-10-19-15/h3,5-6,12-13,17H,1,4,7-11H2,2H3. The second kappa shape index (κ2) is 7.92. The van der Waals surface area contributed by atoms with E-state index in [1.165, 1.54) is 5.56 Å². The number of hydrogen-bond acceptors (Lipinski definition) is 4. The van der Waals surface area contributed by atoms with E-state index in [-0.39, 0.29) is 6.04 Å². The van der Waals surface area contributed by atoms with E-state index in [1.807, 2.05) is 18.2 Å². The van der Waals surface area contributed by atoms with Crippen molar-refractivity contribution in [2.75, 3.05) is 33.0 Å². The minimum absolute atomic E-state index is 0.258. The lowest BCUT2D eigenvalue weighted by Crippen LogP contribution is -2.24. The molecule has 4 nitrogen and oxygen atoms in total. The van der Waals surface area contributed by atoms with Crippen LogP contribution in [0.15, 0.2) is 30.9 Å². The Labute approximate surface area is 120 Å². The summed E-state index contributed by atoms with van der Waals surface area (Å²) < 4.78 is 16.6. The van der Waals surface area contributed by atoms with Gasteiger partial charge in [0.1, 0.15) is 13.2 Å². The molecule has 1 atom stereocenters. The first-order valence-corrected chi connectivity index (χ1v) is 7.13. The molecule has 1 aliphatic heterocycles.